The number of nitrogens with one attached hydrogen (secondary N) is 1. The van der Waals surface area contributed by atoms with Crippen LogP contribution in [0.1, 0.15) is 11.3 Å². The van der Waals surface area contributed by atoms with Crippen molar-refractivity contribution in [2.75, 3.05) is 18.1 Å². The van der Waals surface area contributed by atoms with Crippen LogP contribution < -0.4 is 11.1 Å². The first-order chi connectivity index (χ1) is 7.33. The van der Waals surface area contributed by atoms with E-state index in [9.17, 15) is 4.79 Å². The number of nitrogens with two attached hydrogens (primary N) is 1. The highest BCUT2D eigenvalue weighted by Crippen LogP contribution is 2.07. The molecule has 1 amide bonds. The summed E-state index contributed by atoms with van der Waals surface area (Å²) in [7, 11) is 0. The molecule has 1 aromatic heterocycles. The van der Waals surface area contributed by atoms with Gasteiger partial charge in [-0.15, -0.1) is 11.3 Å². The SMILES string of the molecule is NCCCSCC(=O)NCc1cccs1. The number of carbonyl (C=O) groups excluding carboxylic acids is 1. The topological polar surface area (TPSA) is 55.1 Å². The van der Waals surface area contributed by atoms with Gasteiger partial charge in [0.05, 0.1) is 12.3 Å². The Labute approximate surface area is 98.4 Å². The van der Waals surface area contributed by atoms with E-state index in [0.717, 1.165) is 12.2 Å². The number of thiophene rings is 1. The Kier molecular flexibility index (Phi) is 6.47. The number of rotatable bonds is 7. The second-order valence-electron chi connectivity index (χ2n) is 3.05. The third kappa shape index (κ3) is 5.81. The summed E-state index contributed by atoms with van der Waals surface area (Å²) in [6.07, 6.45) is 0.975. The maximum absolute atomic E-state index is 11.3. The Balaban J connectivity index is 2.04. The van der Waals surface area contributed by atoms with Gasteiger partial charge in [-0.1, -0.05) is 6.07 Å². The third-order valence-corrected chi connectivity index (χ3v) is 3.69. The Bertz CT molecular complexity index is 275. The second-order valence-corrected chi connectivity index (χ2v) is 5.19. The minimum atomic E-state index is 0.102. The molecule has 0 saturated heterocycles. The maximum Gasteiger partial charge on any atom is 0.230 e. The number of carbonyl (C=O) groups is 1. The van der Waals surface area contributed by atoms with Gasteiger partial charge in [-0.25, -0.2) is 0 Å². The molecule has 1 heterocycles. The van der Waals surface area contributed by atoms with Gasteiger partial charge in [0.15, 0.2) is 0 Å². The molecule has 5 heteroatoms. The standard InChI is InChI=1S/C10H16N2OS2/c11-4-2-5-14-8-10(13)12-7-9-3-1-6-15-9/h1,3,6H,2,4-5,7-8,11H2,(H,12,13). The van der Waals surface area contributed by atoms with Crippen LogP contribution in [-0.2, 0) is 11.3 Å². The van der Waals surface area contributed by atoms with Crippen molar-refractivity contribution < 1.29 is 4.79 Å². The van der Waals surface area contributed by atoms with Crippen molar-refractivity contribution in [2.24, 2.45) is 5.73 Å². The Morgan fingerprint density at radius 1 is 1.60 bits per heavy atom. The Morgan fingerprint density at radius 2 is 2.47 bits per heavy atom. The van der Waals surface area contributed by atoms with E-state index >= 15 is 0 Å². The van der Waals surface area contributed by atoms with Crippen LogP contribution in [0.4, 0.5) is 0 Å². The van der Waals surface area contributed by atoms with E-state index in [1.165, 1.54) is 4.88 Å². The molecule has 0 aliphatic heterocycles. The lowest BCUT2D eigenvalue weighted by Crippen LogP contribution is -2.24. The molecular weight excluding hydrogens is 228 g/mol. The highest BCUT2D eigenvalue weighted by atomic mass is 32.2. The molecular formula is C10H16N2OS2. The average molecular weight is 244 g/mol. The number of hydrogen-bond acceptors (Lipinski definition) is 4. The summed E-state index contributed by atoms with van der Waals surface area (Å²) in [5.41, 5.74) is 5.36. The molecule has 0 saturated carbocycles. The predicted octanol–water partition coefficient (Wildman–Crippen LogP) is 1.45. The fourth-order valence-electron chi connectivity index (χ4n) is 1.00. The molecule has 0 aliphatic rings. The van der Waals surface area contributed by atoms with Gasteiger partial charge in [0, 0.05) is 4.88 Å². The molecule has 0 fully saturated rings. The Hall–Kier alpha value is -0.520. The van der Waals surface area contributed by atoms with Crippen LogP contribution >= 0.6 is 23.1 Å². The van der Waals surface area contributed by atoms with Gasteiger partial charge in [0.25, 0.3) is 0 Å². The summed E-state index contributed by atoms with van der Waals surface area (Å²) in [6.45, 7) is 1.35. The molecule has 3 N–H and O–H groups in total. The van der Waals surface area contributed by atoms with Crippen molar-refractivity contribution in [3.8, 4) is 0 Å². The van der Waals surface area contributed by atoms with E-state index in [1.807, 2.05) is 17.5 Å². The molecule has 0 bridgehead atoms. The molecule has 0 spiro atoms. The van der Waals surface area contributed by atoms with Gasteiger partial charge < -0.3 is 11.1 Å². The lowest BCUT2D eigenvalue weighted by atomic mass is 10.4. The summed E-state index contributed by atoms with van der Waals surface area (Å²) < 4.78 is 0. The molecule has 0 aliphatic carbocycles. The summed E-state index contributed by atoms with van der Waals surface area (Å²) in [6, 6.07) is 4.01. The monoisotopic (exact) mass is 244 g/mol. The maximum atomic E-state index is 11.3. The summed E-state index contributed by atoms with van der Waals surface area (Å²) in [5.74, 6) is 1.60. The van der Waals surface area contributed by atoms with Crippen LogP contribution in [0.3, 0.4) is 0 Å². The van der Waals surface area contributed by atoms with Crippen LogP contribution in [0.5, 0.6) is 0 Å². The van der Waals surface area contributed by atoms with Crippen LogP contribution in [0.2, 0.25) is 0 Å². The van der Waals surface area contributed by atoms with E-state index < -0.39 is 0 Å². The highest BCUT2D eigenvalue weighted by molar-refractivity contribution is 7.99. The Morgan fingerprint density at radius 3 is 3.13 bits per heavy atom. The third-order valence-electron chi connectivity index (χ3n) is 1.77. The van der Waals surface area contributed by atoms with Crippen molar-refractivity contribution in [3.63, 3.8) is 0 Å². The van der Waals surface area contributed by atoms with E-state index in [-0.39, 0.29) is 5.91 Å². The minimum Gasteiger partial charge on any atom is -0.350 e. The van der Waals surface area contributed by atoms with Crippen LogP contribution in [0, 0.1) is 0 Å². The quantitative estimate of drug-likeness (QED) is 0.714. The van der Waals surface area contributed by atoms with Crippen molar-refractivity contribution in [3.05, 3.63) is 22.4 Å². The fraction of sp³-hybridized carbons (Fsp3) is 0.500. The second kappa shape index (κ2) is 7.73. The molecule has 3 nitrogen and oxygen atoms in total. The lowest BCUT2D eigenvalue weighted by Gasteiger charge is -2.03. The first kappa shape index (κ1) is 12.5. The zero-order valence-corrected chi connectivity index (χ0v) is 10.2. The smallest absolute Gasteiger partial charge is 0.230 e. The molecule has 1 rings (SSSR count). The average Bonchev–Trinajstić information content (AvgIpc) is 2.74. The predicted molar refractivity (Wildman–Crippen MR) is 67.2 cm³/mol. The van der Waals surface area contributed by atoms with E-state index in [1.54, 1.807) is 23.1 Å². The summed E-state index contributed by atoms with van der Waals surface area (Å²) in [4.78, 5) is 12.5. The first-order valence-corrected chi connectivity index (χ1v) is 6.93. The molecule has 84 valence electrons. The fourth-order valence-corrected chi connectivity index (χ4v) is 2.45. The van der Waals surface area contributed by atoms with Crippen molar-refractivity contribution >= 4 is 29.0 Å². The number of thioether (sulfide) groups is 1. The molecule has 0 radical (unpaired) electrons. The molecule has 0 unspecified atom stereocenters. The van der Waals surface area contributed by atoms with E-state index in [4.69, 9.17) is 5.73 Å². The van der Waals surface area contributed by atoms with Gasteiger partial charge in [0.1, 0.15) is 0 Å². The van der Waals surface area contributed by atoms with Crippen LogP contribution in [-0.4, -0.2) is 24.0 Å². The van der Waals surface area contributed by atoms with Crippen molar-refractivity contribution in [1.29, 1.82) is 0 Å². The van der Waals surface area contributed by atoms with Gasteiger partial charge in [-0.05, 0) is 30.2 Å². The van der Waals surface area contributed by atoms with Crippen LogP contribution in [0.25, 0.3) is 0 Å². The summed E-state index contributed by atoms with van der Waals surface area (Å²) >= 11 is 3.29. The molecule has 0 atom stereocenters. The van der Waals surface area contributed by atoms with Crippen LogP contribution in [0.15, 0.2) is 17.5 Å². The zero-order chi connectivity index (χ0) is 10.9. The molecule has 0 aromatic carbocycles. The van der Waals surface area contributed by atoms with E-state index in [2.05, 4.69) is 5.32 Å². The largest absolute Gasteiger partial charge is 0.350 e. The van der Waals surface area contributed by atoms with E-state index in [0.29, 0.717) is 18.8 Å². The zero-order valence-electron chi connectivity index (χ0n) is 8.57. The number of hydrogen-bond donors (Lipinski definition) is 2. The lowest BCUT2D eigenvalue weighted by molar-refractivity contribution is -0.118. The number of amides is 1. The first-order valence-electron chi connectivity index (χ1n) is 4.90. The van der Waals surface area contributed by atoms with Gasteiger partial charge in [0.2, 0.25) is 5.91 Å². The van der Waals surface area contributed by atoms with Gasteiger partial charge >= 0.3 is 0 Å². The van der Waals surface area contributed by atoms with Gasteiger partial charge in [-0.3, -0.25) is 4.79 Å². The molecule has 1 aromatic rings. The summed E-state index contributed by atoms with van der Waals surface area (Å²) in [5, 5.41) is 4.89. The van der Waals surface area contributed by atoms with Crippen molar-refractivity contribution in [2.45, 2.75) is 13.0 Å². The van der Waals surface area contributed by atoms with Gasteiger partial charge in [-0.2, -0.15) is 11.8 Å². The normalized spacial score (nSPS) is 10.2. The highest BCUT2D eigenvalue weighted by Gasteiger charge is 2.01. The molecule has 15 heavy (non-hydrogen) atoms. The van der Waals surface area contributed by atoms with Crippen molar-refractivity contribution in [1.82, 2.24) is 5.32 Å². The minimum absolute atomic E-state index is 0.102.